The Morgan fingerprint density at radius 1 is 1.14 bits per heavy atom. The molecule has 1 atom stereocenters. The number of ether oxygens (including phenoxy) is 2. The Labute approximate surface area is 118 Å². The zero-order valence-electron chi connectivity index (χ0n) is 11.3. The van der Waals surface area contributed by atoms with Gasteiger partial charge in [0.05, 0.1) is 6.61 Å². The predicted molar refractivity (Wildman–Crippen MR) is 65.8 cm³/mol. The lowest BCUT2D eigenvalue weighted by Crippen LogP contribution is -2.21. The molecule has 0 fully saturated rings. The minimum atomic E-state index is -4.80. The van der Waals surface area contributed by atoms with Crippen LogP contribution in [0.2, 0.25) is 0 Å². The van der Waals surface area contributed by atoms with Gasteiger partial charge in [0, 0.05) is 6.04 Å². The SMILES string of the molecule is CCC(N)Cc1cc(F)c(OCCOC(F)(F)F)c(F)c1. The molecule has 21 heavy (non-hydrogen) atoms. The van der Waals surface area contributed by atoms with Crippen LogP contribution in [0.4, 0.5) is 22.0 Å². The lowest BCUT2D eigenvalue weighted by Gasteiger charge is -2.13. The number of benzene rings is 1. The molecule has 0 aliphatic heterocycles. The highest BCUT2D eigenvalue weighted by Crippen LogP contribution is 2.24. The van der Waals surface area contributed by atoms with Crippen LogP contribution in [0.25, 0.3) is 0 Å². The van der Waals surface area contributed by atoms with Gasteiger partial charge in [-0.05, 0) is 30.5 Å². The first kappa shape index (κ1) is 17.6. The molecule has 0 heterocycles. The molecule has 3 nitrogen and oxygen atoms in total. The fraction of sp³-hybridized carbons (Fsp3) is 0.538. The minimum absolute atomic E-state index is 0.226. The lowest BCUT2D eigenvalue weighted by atomic mass is 10.0. The maximum atomic E-state index is 13.7. The maximum absolute atomic E-state index is 13.7. The monoisotopic (exact) mass is 313 g/mol. The van der Waals surface area contributed by atoms with Gasteiger partial charge >= 0.3 is 6.36 Å². The van der Waals surface area contributed by atoms with Crippen molar-refractivity contribution in [1.29, 1.82) is 0 Å². The molecule has 1 aromatic carbocycles. The van der Waals surface area contributed by atoms with Crippen LogP contribution >= 0.6 is 0 Å². The number of halogens is 5. The van der Waals surface area contributed by atoms with Gasteiger partial charge in [-0.3, -0.25) is 4.74 Å². The molecule has 1 aromatic rings. The fourth-order valence-electron chi connectivity index (χ4n) is 1.62. The molecular weight excluding hydrogens is 297 g/mol. The Bertz CT molecular complexity index is 441. The van der Waals surface area contributed by atoms with Gasteiger partial charge in [0.15, 0.2) is 17.4 Å². The van der Waals surface area contributed by atoms with E-state index in [1.165, 1.54) is 0 Å². The highest BCUT2D eigenvalue weighted by atomic mass is 19.4. The van der Waals surface area contributed by atoms with Crippen molar-refractivity contribution in [1.82, 2.24) is 0 Å². The summed E-state index contributed by atoms with van der Waals surface area (Å²) in [6, 6.07) is 1.88. The standard InChI is InChI=1S/C13H16F5NO2/c1-2-9(19)5-8-6-10(14)12(11(15)7-8)20-3-4-21-13(16,17)18/h6-7,9H,2-5,19H2,1H3. The van der Waals surface area contributed by atoms with Crippen molar-refractivity contribution < 1.29 is 31.4 Å². The van der Waals surface area contributed by atoms with Crippen LogP contribution in [0.1, 0.15) is 18.9 Å². The van der Waals surface area contributed by atoms with E-state index >= 15 is 0 Å². The summed E-state index contributed by atoms with van der Waals surface area (Å²) in [4.78, 5) is 0. The summed E-state index contributed by atoms with van der Waals surface area (Å²) < 4.78 is 70.5. The largest absolute Gasteiger partial charge is 0.522 e. The van der Waals surface area contributed by atoms with Crippen LogP contribution < -0.4 is 10.5 Å². The molecule has 2 N–H and O–H groups in total. The van der Waals surface area contributed by atoms with Gasteiger partial charge in [-0.25, -0.2) is 8.78 Å². The first-order valence-corrected chi connectivity index (χ1v) is 6.30. The number of hydrogen-bond acceptors (Lipinski definition) is 3. The van der Waals surface area contributed by atoms with E-state index in [-0.39, 0.29) is 6.04 Å². The summed E-state index contributed by atoms with van der Waals surface area (Å²) in [6.45, 7) is 0.363. The molecule has 0 amide bonds. The molecule has 0 bridgehead atoms. The van der Waals surface area contributed by atoms with Crippen molar-refractivity contribution in [2.45, 2.75) is 32.2 Å². The van der Waals surface area contributed by atoms with Gasteiger partial charge < -0.3 is 10.5 Å². The summed E-state index contributed by atoms with van der Waals surface area (Å²) in [6.07, 6.45) is -3.86. The molecule has 1 unspecified atom stereocenters. The molecule has 8 heteroatoms. The van der Waals surface area contributed by atoms with Gasteiger partial charge in [0.25, 0.3) is 0 Å². The Kier molecular flexibility index (Phi) is 6.35. The van der Waals surface area contributed by atoms with Gasteiger partial charge in [-0.15, -0.1) is 13.2 Å². The molecule has 120 valence electrons. The van der Waals surface area contributed by atoms with Crippen LogP contribution in [0.3, 0.4) is 0 Å². The summed E-state index contributed by atoms with van der Waals surface area (Å²) in [5.74, 6) is -2.70. The number of nitrogens with two attached hydrogens (primary N) is 1. The van der Waals surface area contributed by atoms with E-state index < -0.39 is 37.0 Å². The summed E-state index contributed by atoms with van der Waals surface area (Å²) in [7, 11) is 0. The summed E-state index contributed by atoms with van der Waals surface area (Å²) in [5.41, 5.74) is 6.04. The van der Waals surface area contributed by atoms with E-state index in [9.17, 15) is 22.0 Å². The Balaban J connectivity index is 2.63. The Morgan fingerprint density at radius 3 is 2.19 bits per heavy atom. The van der Waals surface area contributed by atoms with Crippen molar-refractivity contribution in [3.05, 3.63) is 29.3 Å². The average Bonchev–Trinajstić information content (AvgIpc) is 2.35. The van der Waals surface area contributed by atoms with Gasteiger partial charge in [-0.2, -0.15) is 0 Å². The van der Waals surface area contributed by atoms with E-state index in [0.29, 0.717) is 18.4 Å². The van der Waals surface area contributed by atoms with Crippen molar-refractivity contribution in [2.24, 2.45) is 5.73 Å². The fourth-order valence-corrected chi connectivity index (χ4v) is 1.62. The minimum Gasteiger partial charge on any atom is -0.485 e. The number of rotatable bonds is 7. The normalized spacial score (nSPS) is 13.3. The predicted octanol–water partition coefficient (Wildman–Crippen LogP) is 3.16. The summed E-state index contributed by atoms with van der Waals surface area (Å²) in [5, 5.41) is 0. The van der Waals surface area contributed by atoms with Crippen molar-refractivity contribution in [2.75, 3.05) is 13.2 Å². The Hall–Kier alpha value is -1.41. The van der Waals surface area contributed by atoms with E-state index in [1.54, 1.807) is 0 Å². The molecule has 0 radical (unpaired) electrons. The van der Waals surface area contributed by atoms with E-state index in [2.05, 4.69) is 9.47 Å². The summed E-state index contributed by atoms with van der Waals surface area (Å²) >= 11 is 0. The highest BCUT2D eigenvalue weighted by molar-refractivity contribution is 5.31. The van der Waals surface area contributed by atoms with Crippen molar-refractivity contribution >= 4 is 0 Å². The third kappa shape index (κ3) is 6.26. The van der Waals surface area contributed by atoms with Crippen LogP contribution in [-0.2, 0) is 11.2 Å². The molecule has 0 spiro atoms. The molecule has 1 rings (SSSR count). The number of alkyl halides is 3. The van der Waals surface area contributed by atoms with E-state index in [0.717, 1.165) is 12.1 Å². The van der Waals surface area contributed by atoms with Crippen molar-refractivity contribution in [3.63, 3.8) is 0 Å². The van der Waals surface area contributed by atoms with Gasteiger partial charge in [0.2, 0.25) is 0 Å². The molecule has 0 aliphatic rings. The Morgan fingerprint density at radius 2 is 1.71 bits per heavy atom. The second kappa shape index (κ2) is 7.56. The molecular formula is C13H16F5NO2. The van der Waals surface area contributed by atoms with Crippen LogP contribution in [-0.4, -0.2) is 25.6 Å². The molecule has 0 aromatic heterocycles. The zero-order valence-corrected chi connectivity index (χ0v) is 11.3. The smallest absolute Gasteiger partial charge is 0.485 e. The second-order valence-electron chi connectivity index (χ2n) is 4.40. The maximum Gasteiger partial charge on any atom is 0.522 e. The van der Waals surface area contributed by atoms with Crippen molar-refractivity contribution in [3.8, 4) is 5.75 Å². The van der Waals surface area contributed by atoms with Crippen LogP contribution in [0, 0.1) is 11.6 Å². The lowest BCUT2D eigenvalue weighted by molar-refractivity contribution is -0.325. The van der Waals surface area contributed by atoms with Gasteiger partial charge in [0.1, 0.15) is 6.61 Å². The topological polar surface area (TPSA) is 44.5 Å². The molecule has 0 aliphatic carbocycles. The first-order valence-electron chi connectivity index (χ1n) is 6.30. The molecule has 0 saturated carbocycles. The first-order chi connectivity index (χ1) is 9.73. The van der Waals surface area contributed by atoms with Gasteiger partial charge in [-0.1, -0.05) is 6.92 Å². The average molecular weight is 313 g/mol. The van der Waals surface area contributed by atoms with Crippen LogP contribution in [0.15, 0.2) is 12.1 Å². The highest BCUT2D eigenvalue weighted by Gasteiger charge is 2.28. The number of hydrogen-bond donors (Lipinski definition) is 1. The quantitative estimate of drug-likeness (QED) is 0.621. The molecule has 0 saturated heterocycles. The zero-order chi connectivity index (χ0) is 16.0. The van der Waals surface area contributed by atoms with E-state index in [1.807, 2.05) is 6.92 Å². The van der Waals surface area contributed by atoms with Crippen LogP contribution in [0.5, 0.6) is 5.75 Å². The second-order valence-corrected chi connectivity index (χ2v) is 4.40. The van der Waals surface area contributed by atoms with E-state index in [4.69, 9.17) is 5.73 Å². The third-order valence-electron chi connectivity index (χ3n) is 2.68. The third-order valence-corrected chi connectivity index (χ3v) is 2.68.